The lowest BCUT2D eigenvalue weighted by Gasteiger charge is -2.43. The smallest absolute Gasteiger partial charge is 0.373 e. The molecule has 0 aromatic heterocycles. The molecule has 2 rings (SSSR count). The summed E-state index contributed by atoms with van der Waals surface area (Å²) >= 11 is 0. The van der Waals surface area contributed by atoms with Gasteiger partial charge in [0.1, 0.15) is 18.3 Å². The number of allylic oxidation sites excluding steroid dienone is 5. The highest BCUT2D eigenvalue weighted by Crippen LogP contribution is 2.37. The normalized spacial score (nSPS) is 34.8. The Balaban J connectivity index is 2.48. The quantitative estimate of drug-likeness (QED) is 0.156. The number of cyclic esters (lactones) is 1. The summed E-state index contributed by atoms with van der Waals surface area (Å²) in [5.41, 5.74) is 2.48. The first-order valence-corrected chi connectivity index (χ1v) is 17.4. The van der Waals surface area contributed by atoms with Crippen molar-refractivity contribution in [1.82, 2.24) is 0 Å². The Morgan fingerprint density at radius 3 is 2.43 bits per heavy atom. The number of esters is 2. The van der Waals surface area contributed by atoms with Gasteiger partial charge in [0.25, 0.3) is 0 Å². The van der Waals surface area contributed by atoms with E-state index in [1.54, 1.807) is 12.2 Å². The number of carbonyl (C=O) groups excluding carboxylic acids is 2. The van der Waals surface area contributed by atoms with Crippen molar-refractivity contribution in [3.05, 3.63) is 59.4 Å². The summed E-state index contributed by atoms with van der Waals surface area (Å²) in [5.74, 6) is 0.0991. The van der Waals surface area contributed by atoms with Crippen LogP contribution < -0.4 is 0 Å². The van der Waals surface area contributed by atoms with E-state index in [1.165, 1.54) is 14.2 Å². The fourth-order valence-corrected chi connectivity index (χ4v) is 6.70. The largest absolute Gasteiger partial charge is 0.490 e. The lowest BCUT2D eigenvalue weighted by molar-refractivity contribution is -0.170. The van der Waals surface area contributed by atoms with Crippen LogP contribution in [-0.4, -0.2) is 79.1 Å². The van der Waals surface area contributed by atoms with Crippen molar-refractivity contribution in [1.29, 1.82) is 0 Å². The van der Waals surface area contributed by atoms with Gasteiger partial charge in [-0.2, -0.15) is 0 Å². The number of aliphatic hydroxyl groups is 2. The molecule has 9 heteroatoms. The van der Waals surface area contributed by atoms with Crippen LogP contribution in [0.3, 0.4) is 0 Å². The average molecular weight is 685 g/mol. The van der Waals surface area contributed by atoms with Crippen LogP contribution in [0.15, 0.2) is 59.4 Å². The van der Waals surface area contributed by atoms with Crippen molar-refractivity contribution in [2.75, 3.05) is 14.2 Å². The van der Waals surface area contributed by atoms with Crippen molar-refractivity contribution in [3.8, 4) is 12.3 Å². The Labute approximate surface area is 294 Å². The highest BCUT2D eigenvalue weighted by atomic mass is 16.6. The average Bonchev–Trinajstić information content (AvgIpc) is 3.05. The van der Waals surface area contributed by atoms with E-state index in [1.807, 2.05) is 73.6 Å². The van der Waals surface area contributed by atoms with Crippen molar-refractivity contribution in [2.45, 2.75) is 124 Å². The van der Waals surface area contributed by atoms with Crippen LogP contribution in [0.25, 0.3) is 0 Å². The number of ether oxygens (including phenoxy) is 5. The van der Waals surface area contributed by atoms with Gasteiger partial charge in [-0.1, -0.05) is 83.6 Å². The van der Waals surface area contributed by atoms with Crippen molar-refractivity contribution >= 4 is 11.9 Å². The highest BCUT2D eigenvalue weighted by Gasteiger charge is 2.44. The maximum absolute atomic E-state index is 13.6. The minimum atomic E-state index is -1.02. The molecule has 1 saturated heterocycles. The maximum atomic E-state index is 13.6. The summed E-state index contributed by atoms with van der Waals surface area (Å²) < 4.78 is 29.7. The second-order valence-corrected chi connectivity index (χ2v) is 14.2. The van der Waals surface area contributed by atoms with Crippen molar-refractivity contribution in [2.24, 2.45) is 29.6 Å². The first-order chi connectivity index (χ1) is 23.1. The third-order valence-corrected chi connectivity index (χ3v) is 9.67. The number of terminal acetylenes is 1. The lowest BCUT2D eigenvalue weighted by atomic mass is 9.80. The maximum Gasteiger partial charge on any atom is 0.373 e. The topological polar surface area (TPSA) is 121 Å². The molecule has 1 unspecified atom stereocenters. The molecule has 0 amide bonds. The number of rotatable bonds is 10. The fourth-order valence-electron chi connectivity index (χ4n) is 6.70. The molecule has 2 heterocycles. The summed E-state index contributed by atoms with van der Waals surface area (Å²) in [7, 11) is 2.92. The Morgan fingerprint density at radius 1 is 1.16 bits per heavy atom. The molecule has 0 aromatic carbocycles. The molecule has 0 aromatic rings. The van der Waals surface area contributed by atoms with E-state index in [0.717, 1.165) is 11.1 Å². The van der Waals surface area contributed by atoms with Gasteiger partial charge in [0.05, 0.1) is 37.9 Å². The van der Waals surface area contributed by atoms with E-state index >= 15 is 0 Å². The molecule has 1 fully saturated rings. The van der Waals surface area contributed by atoms with Gasteiger partial charge in [0.2, 0.25) is 5.76 Å². The van der Waals surface area contributed by atoms with Crippen LogP contribution >= 0.6 is 0 Å². The zero-order valence-corrected chi connectivity index (χ0v) is 31.2. The van der Waals surface area contributed by atoms with E-state index in [2.05, 4.69) is 12.5 Å². The van der Waals surface area contributed by atoms with E-state index < -0.39 is 66.5 Å². The number of methoxy groups -OCH3 is 2. The van der Waals surface area contributed by atoms with Crippen molar-refractivity contribution < 1.29 is 43.5 Å². The standard InChI is InChI=1S/C40H60O9/c1-13-14-18-35(41)47-33-22-32(48-38(23(2)3)29(33)9)28(8)37(43)30(10)39-31(45-11)17-15-16-24(4)19-26(6)36(42)27(7)20-25(5)21-34(46-12)40(44)49-39/h1,15-17,20-21,23,26-28,30-33,36-39,42-43H,9,14,18-19,22H2,2-8,10-12H3/b17-15+,24-16+,25-20+,34-21-/t26-,27+,28+,30-,31-,32+,33+,36-,37-,38?,39+/m0/s1. The number of hydrogen-bond donors (Lipinski definition) is 2. The van der Waals surface area contributed by atoms with Crippen LogP contribution in [-0.2, 0) is 33.3 Å². The SMILES string of the molecule is C#CCCC(=O)O[C@@H]1C[C@H]([C@@H](C)[C@H](O)[C@H](C)[C@H]2OC(=O)/C(OC)=C/C(C)=C/[C@@H](C)[C@@H](O)[C@@H](C)C/C(C)=C/C=C/[C@@H]2OC)OC(C(C)C)C1=C. The van der Waals surface area contributed by atoms with E-state index in [0.29, 0.717) is 18.4 Å². The molecule has 0 spiro atoms. The van der Waals surface area contributed by atoms with Gasteiger partial charge in [-0.3, -0.25) is 4.79 Å². The monoisotopic (exact) mass is 684 g/mol. The summed E-state index contributed by atoms with van der Waals surface area (Å²) in [4.78, 5) is 26.2. The molecular formula is C40H60O9. The van der Waals surface area contributed by atoms with E-state index in [9.17, 15) is 19.8 Å². The number of carbonyl (C=O) groups is 2. The Hall–Kier alpha value is -3.16. The first kappa shape index (κ1) is 42.0. The third kappa shape index (κ3) is 12.0. The summed E-state index contributed by atoms with van der Waals surface area (Å²) in [6.07, 6.45) is 11.1. The summed E-state index contributed by atoms with van der Waals surface area (Å²) in [5, 5.41) is 22.9. The molecular weight excluding hydrogens is 624 g/mol. The Morgan fingerprint density at radius 2 is 1.84 bits per heavy atom. The zero-order valence-electron chi connectivity index (χ0n) is 31.2. The molecule has 0 radical (unpaired) electrons. The second-order valence-electron chi connectivity index (χ2n) is 14.2. The lowest BCUT2D eigenvalue weighted by Crippen LogP contribution is -2.50. The molecule has 2 aliphatic heterocycles. The molecule has 9 nitrogen and oxygen atoms in total. The summed E-state index contributed by atoms with van der Waals surface area (Å²) in [6.45, 7) is 19.7. The van der Waals surface area contributed by atoms with Crippen LogP contribution in [0.2, 0.25) is 0 Å². The van der Waals surface area contributed by atoms with Gasteiger partial charge in [-0.15, -0.1) is 12.3 Å². The van der Waals surface area contributed by atoms with Gasteiger partial charge in [0.15, 0.2) is 0 Å². The zero-order chi connectivity index (χ0) is 37.0. The minimum absolute atomic E-state index is 0.00407. The molecule has 0 saturated carbocycles. The predicted octanol–water partition coefficient (Wildman–Crippen LogP) is 6.26. The Bertz CT molecular complexity index is 1280. The van der Waals surface area contributed by atoms with E-state index in [4.69, 9.17) is 30.1 Å². The molecule has 11 atom stereocenters. The third-order valence-electron chi connectivity index (χ3n) is 9.67. The Kier molecular flexibility index (Phi) is 17.0. The number of hydrogen-bond acceptors (Lipinski definition) is 9. The van der Waals surface area contributed by atoms with Crippen LogP contribution in [0, 0.1) is 41.9 Å². The molecule has 274 valence electrons. The molecule has 0 bridgehead atoms. The van der Waals surface area contributed by atoms with Gasteiger partial charge < -0.3 is 33.9 Å². The molecule has 0 aliphatic carbocycles. The van der Waals surface area contributed by atoms with Crippen LogP contribution in [0.4, 0.5) is 0 Å². The van der Waals surface area contributed by atoms with Gasteiger partial charge in [-0.05, 0) is 43.8 Å². The first-order valence-electron chi connectivity index (χ1n) is 17.4. The van der Waals surface area contributed by atoms with Crippen LogP contribution in [0.5, 0.6) is 0 Å². The molecule has 2 N–H and O–H groups in total. The van der Waals surface area contributed by atoms with Gasteiger partial charge in [-0.25, -0.2) is 4.79 Å². The van der Waals surface area contributed by atoms with Crippen molar-refractivity contribution in [3.63, 3.8) is 0 Å². The second kappa shape index (κ2) is 19.9. The van der Waals surface area contributed by atoms with Crippen LogP contribution in [0.1, 0.15) is 81.1 Å². The van der Waals surface area contributed by atoms with Gasteiger partial charge in [0, 0.05) is 37.7 Å². The molecule has 49 heavy (non-hydrogen) atoms. The van der Waals surface area contributed by atoms with Gasteiger partial charge >= 0.3 is 11.9 Å². The fraction of sp³-hybridized carbons (Fsp3) is 0.650. The highest BCUT2D eigenvalue weighted by molar-refractivity contribution is 5.87. The molecule has 2 aliphatic rings. The minimum Gasteiger partial charge on any atom is -0.490 e. The number of aliphatic hydroxyl groups excluding tert-OH is 2. The summed E-state index contributed by atoms with van der Waals surface area (Å²) in [6, 6.07) is 0. The van der Waals surface area contributed by atoms with E-state index in [-0.39, 0.29) is 36.4 Å². The predicted molar refractivity (Wildman–Crippen MR) is 191 cm³/mol.